The molecule has 0 aromatic heterocycles. The van der Waals surface area contributed by atoms with Gasteiger partial charge in [-0.1, -0.05) is 23.8 Å². The van der Waals surface area contributed by atoms with Crippen molar-refractivity contribution >= 4 is 0 Å². The molecule has 2 N–H and O–H groups in total. The Morgan fingerprint density at radius 3 is 3.08 bits per heavy atom. The van der Waals surface area contributed by atoms with E-state index >= 15 is 0 Å². The highest BCUT2D eigenvalue weighted by molar-refractivity contribution is 5.27. The molecule has 13 heavy (non-hydrogen) atoms. The molecule has 1 fully saturated rings. The van der Waals surface area contributed by atoms with Crippen LogP contribution in [0.4, 0.5) is 0 Å². The summed E-state index contributed by atoms with van der Waals surface area (Å²) >= 11 is 0. The zero-order valence-corrected chi connectivity index (χ0v) is 7.69. The van der Waals surface area contributed by atoms with Gasteiger partial charge in [0.2, 0.25) is 0 Å². The molecule has 3 unspecified atom stereocenters. The SMILES string of the molecule is OCC(O)C1CCC2CC=CC=C21. The Hall–Kier alpha value is -0.600. The molecular weight excluding hydrogens is 164 g/mol. The molecule has 2 rings (SSSR count). The van der Waals surface area contributed by atoms with Gasteiger partial charge < -0.3 is 10.2 Å². The second kappa shape index (κ2) is 3.64. The quantitative estimate of drug-likeness (QED) is 0.671. The molecule has 0 aromatic rings. The molecule has 2 nitrogen and oxygen atoms in total. The van der Waals surface area contributed by atoms with E-state index in [1.807, 2.05) is 0 Å². The van der Waals surface area contributed by atoms with Gasteiger partial charge in [-0.3, -0.25) is 0 Å². The van der Waals surface area contributed by atoms with Gasteiger partial charge in [0, 0.05) is 5.92 Å². The Morgan fingerprint density at radius 2 is 2.31 bits per heavy atom. The molecule has 2 aliphatic carbocycles. The van der Waals surface area contributed by atoms with Crippen LogP contribution < -0.4 is 0 Å². The number of aliphatic hydroxyl groups is 2. The Morgan fingerprint density at radius 1 is 1.46 bits per heavy atom. The summed E-state index contributed by atoms with van der Waals surface area (Å²) in [4.78, 5) is 0. The molecule has 0 saturated heterocycles. The lowest BCUT2D eigenvalue weighted by Gasteiger charge is -2.21. The largest absolute Gasteiger partial charge is 0.394 e. The van der Waals surface area contributed by atoms with Crippen LogP contribution in [-0.2, 0) is 0 Å². The summed E-state index contributed by atoms with van der Waals surface area (Å²) in [5, 5.41) is 18.5. The third-order valence-corrected chi connectivity index (χ3v) is 3.22. The van der Waals surface area contributed by atoms with E-state index in [1.165, 1.54) is 5.57 Å². The van der Waals surface area contributed by atoms with Crippen LogP contribution in [0.15, 0.2) is 23.8 Å². The summed E-state index contributed by atoms with van der Waals surface area (Å²) in [6.45, 7) is -0.113. The van der Waals surface area contributed by atoms with Crippen LogP contribution in [0.25, 0.3) is 0 Å². The normalized spacial score (nSPS) is 34.2. The molecule has 2 heteroatoms. The number of hydrogen-bond donors (Lipinski definition) is 2. The lowest BCUT2D eigenvalue weighted by Crippen LogP contribution is -2.24. The van der Waals surface area contributed by atoms with Crippen molar-refractivity contribution in [2.75, 3.05) is 6.61 Å². The first-order valence-corrected chi connectivity index (χ1v) is 4.98. The molecule has 2 aliphatic rings. The van der Waals surface area contributed by atoms with Crippen LogP contribution in [0, 0.1) is 11.8 Å². The van der Waals surface area contributed by atoms with Gasteiger partial charge in [-0.15, -0.1) is 0 Å². The van der Waals surface area contributed by atoms with E-state index in [0.29, 0.717) is 5.92 Å². The van der Waals surface area contributed by atoms with Crippen molar-refractivity contribution in [3.63, 3.8) is 0 Å². The minimum absolute atomic E-state index is 0.113. The fourth-order valence-corrected chi connectivity index (χ4v) is 2.49. The fraction of sp³-hybridized carbons (Fsp3) is 0.636. The maximum Gasteiger partial charge on any atom is 0.0836 e. The second-order valence-electron chi connectivity index (χ2n) is 3.96. The highest BCUT2D eigenvalue weighted by Crippen LogP contribution is 2.41. The molecule has 0 amide bonds. The van der Waals surface area contributed by atoms with Crippen molar-refractivity contribution in [3.8, 4) is 0 Å². The summed E-state index contributed by atoms with van der Waals surface area (Å²) in [6, 6.07) is 0. The average Bonchev–Trinajstić information content (AvgIpc) is 2.60. The van der Waals surface area contributed by atoms with Gasteiger partial charge in [-0.25, -0.2) is 0 Å². The van der Waals surface area contributed by atoms with Crippen molar-refractivity contribution in [3.05, 3.63) is 23.8 Å². The predicted molar refractivity (Wildman–Crippen MR) is 51.1 cm³/mol. The van der Waals surface area contributed by atoms with Crippen LogP contribution in [-0.4, -0.2) is 22.9 Å². The Labute approximate surface area is 78.6 Å². The van der Waals surface area contributed by atoms with Gasteiger partial charge in [0.15, 0.2) is 0 Å². The van der Waals surface area contributed by atoms with Crippen molar-refractivity contribution in [1.29, 1.82) is 0 Å². The van der Waals surface area contributed by atoms with Crippen LogP contribution in [0.2, 0.25) is 0 Å². The van der Waals surface area contributed by atoms with Gasteiger partial charge in [0.25, 0.3) is 0 Å². The number of hydrogen-bond acceptors (Lipinski definition) is 2. The van der Waals surface area contributed by atoms with Crippen molar-refractivity contribution < 1.29 is 10.2 Å². The standard InChI is InChI=1S/C11H16O2/c12-7-11(13)10-6-5-8-3-1-2-4-9(8)10/h1-2,4,8,10-13H,3,5-7H2. The van der Waals surface area contributed by atoms with Gasteiger partial charge in [0.05, 0.1) is 12.7 Å². The Bertz CT molecular complexity index is 242. The minimum Gasteiger partial charge on any atom is -0.394 e. The maximum atomic E-state index is 9.58. The van der Waals surface area contributed by atoms with E-state index in [4.69, 9.17) is 5.11 Å². The monoisotopic (exact) mass is 180 g/mol. The zero-order chi connectivity index (χ0) is 9.26. The number of fused-ring (bicyclic) bond motifs is 1. The Kier molecular flexibility index (Phi) is 2.51. The smallest absolute Gasteiger partial charge is 0.0836 e. The van der Waals surface area contributed by atoms with Crippen molar-refractivity contribution in [1.82, 2.24) is 0 Å². The highest BCUT2D eigenvalue weighted by Gasteiger charge is 2.34. The van der Waals surface area contributed by atoms with E-state index in [-0.39, 0.29) is 12.5 Å². The predicted octanol–water partition coefficient (Wildman–Crippen LogP) is 1.25. The first-order valence-electron chi connectivity index (χ1n) is 4.98. The first-order chi connectivity index (χ1) is 6.33. The minimum atomic E-state index is -0.553. The maximum absolute atomic E-state index is 9.58. The molecule has 72 valence electrons. The van der Waals surface area contributed by atoms with Gasteiger partial charge in [-0.05, 0) is 25.2 Å². The van der Waals surface area contributed by atoms with Crippen LogP contribution in [0.1, 0.15) is 19.3 Å². The van der Waals surface area contributed by atoms with Crippen LogP contribution in [0.5, 0.6) is 0 Å². The molecule has 0 heterocycles. The lowest BCUT2D eigenvalue weighted by atomic mass is 9.88. The lowest BCUT2D eigenvalue weighted by molar-refractivity contribution is 0.0609. The summed E-state index contributed by atoms with van der Waals surface area (Å²) in [5.41, 5.74) is 1.35. The van der Waals surface area contributed by atoms with Crippen LogP contribution in [0.3, 0.4) is 0 Å². The molecule has 0 aromatic carbocycles. The number of rotatable bonds is 2. The summed E-state index contributed by atoms with van der Waals surface area (Å²) in [5.74, 6) is 0.844. The zero-order valence-electron chi connectivity index (χ0n) is 7.69. The topological polar surface area (TPSA) is 40.5 Å². The molecule has 1 saturated carbocycles. The van der Waals surface area contributed by atoms with Crippen molar-refractivity contribution in [2.24, 2.45) is 11.8 Å². The van der Waals surface area contributed by atoms with E-state index in [1.54, 1.807) is 0 Å². The fourth-order valence-electron chi connectivity index (χ4n) is 2.49. The molecule has 0 radical (unpaired) electrons. The number of aliphatic hydroxyl groups excluding tert-OH is 2. The molecule has 3 atom stereocenters. The van der Waals surface area contributed by atoms with E-state index in [9.17, 15) is 5.11 Å². The molecule has 0 aliphatic heterocycles. The van der Waals surface area contributed by atoms with Crippen molar-refractivity contribution in [2.45, 2.75) is 25.4 Å². The summed E-state index contributed by atoms with van der Waals surface area (Å²) in [6.07, 6.45) is 9.11. The highest BCUT2D eigenvalue weighted by atomic mass is 16.3. The van der Waals surface area contributed by atoms with E-state index in [0.717, 1.165) is 19.3 Å². The summed E-state index contributed by atoms with van der Waals surface area (Å²) in [7, 11) is 0. The second-order valence-corrected chi connectivity index (χ2v) is 3.96. The molecular formula is C11H16O2. The summed E-state index contributed by atoms with van der Waals surface area (Å²) < 4.78 is 0. The molecule has 0 bridgehead atoms. The third-order valence-electron chi connectivity index (χ3n) is 3.22. The third kappa shape index (κ3) is 1.56. The van der Waals surface area contributed by atoms with E-state index in [2.05, 4.69) is 18.2 Å². The van der Waals surface area contributed by atoms with Gasteiger partial charge in [0.1, 0.15) is 0 Å². The molecule has 0 spiro atoms. The Balaban J connectivity index is 2.14. The van der Waals surface area contributed by atoms with Gasteiger partial charge in [-0.2, -0.15) is 0 Å². The average molecular weight is 180 g/mol. The van der Waals surface area contributed by atoms with Gasteiger partial charge >= 0.3 is 0 Å². The number of allylic oxidation sites excluding steroid dienone is 3. The first kappa shape index (κ1) is 8.97. The van der Waals surface area contributed by atoms with Crippen LogP contribution >= 0.6 is 0 Å². The van der Waals surface area contributed by atoms with E-state index < -0.39 is 6.10 Å².